The van der Waals surface area contributed by atoms with Crippen molar-refractivity contribution >= 4 is 0 Å². The molecule has 22 heavy (non-hydrogen) atoms. The molecule has 0 radical (unpaired) electrons. The molecule has 3 nitrogen and oxygen atoms in total. The number of benzene rings is 1. The molecule has 2 fully saturated rings. The SMILES string of the molecule is CC(C)(C)c1ccc(CN2CCC3(CC2)OCCCO3)cc1. The maximum absolute atomic E-state index is 5.91. The highest BCUT2D eigenvalue weighted by Gasteiger charge is 2.38. The molecule has 2 heterocycles. The van der Waals surface area contributed by atoms with Crippen molar-refractivity contribution in [1.29, 1.82) is 0 Å². The highest BCUT2D eigenvalue weighted by Crippen LogP contribution is 2.31. The van der Waals surface area contributed by atoms with Gasteiger partial charge in [0.2, 0.25) is 0 Å². The quantitative estimate of drug-likeness (QED) is 0.831. The van der Waals surface area contributed by atoms with Crippen LogP contribution in [-0.4, -0.2) is 37.0 Å². The van der Waals surface area contributed by atoms with Crippen LogP contribution >= 0.6 is 0 Å². The van der Waals surface area contributed by atoms with Crippen LogP contribution in [0.1, 0.15) is 51.2 Å². The van der Waals surface area contributed by atoms with E-state index < -0.39 is 0 Å². The lowest BCUT2D eigenvalue weighted by atomic mass is 9.86. The number of likely N-dealkylation sites (tertiary alicyclic amines) is 1. The first-order valence-electron chi connectivity index (χ1n) is 8.57. The van der Waals surface area contributed by atoms with Crippen LogP contribution in [0.4, 0.5) is 0 Å². The number of nitrogens with zero attached hydrogens (tertiary/aromatic N) is 1. The van der Waals surface area contributed by atoms with Crippen molar-refractivity contribution in [3.63, 3.8) is 0 Å². The number of ether oxygens (including phenoxy) is 2. The third kappa shape index (κ3) is 3.70. The molecular formula is C19H29NO2. The second-order valence-corrected chi connectivity index (χ2v) is 7.68. The molecule has 0 aliphatic carbocycles. The molecule has 2 aliphatic heterocycles. The fourth-order valence-corrected chi connectivity index (χ4v) is 3.33. The molecular weight excluding hydrogens is 274 g/mol. The Kier molecular flexibility index (Phi) is 4.58. The van der Waals surface area contributed by atoms with Gasteiger partial charge in [-0.05, 0) is 23.0 Å². The Balaban J connectivity index is 1.54. The summed E-state index contributed by atoms with van der Waals surface area (Å²) in [5.41, 5.74) is 3.03. The maximum atomic E-state index is 5.91. The summed E-state index contributed by atoms with van der Waals surface area (Å²) in [7, 11) is 0. The third-order valence-electron chi connectivity index (χ3n) is 4.86. The van der Waals surface area contributed by atoms with E-state index in [0.717, 1.165) is 52.1 Å². The zero-order chi connectivity index (χ0) is 15.6. The molecule has 3 heteroatoms. The minimum atomic E-state index is -0.273. The summed E-state index contributed by atoms with van der Waals surface area (Å²) in [5, 5.41) is 0. The third-order valence-corrected chi connectivity index (χ3v) is 4.86. The largest absolute Gasteiger partial charge is 0.350 e. The number of hydrogen-bond donors (Lipinski definition) is 0. The number of hydrogen-bond acceptors (Lipinski definition) is 3. The molecule has 0 unspecified atom stereocenters. The van der Waals surface area contributed by atoms with Crippen LogP contribution in [0.2, 0.25) is 0 Å². The van der Waals surface area contributed by atoms with E-state index in [9.17, 15) is 0 Å². The molecule has 0 aromatic heterocycles. The van der Waals surface area contributed by atoms with Crippen molar-refractivity contribution in [3.05, 3.63) is 35.4 Å². The second-order valence-electron chi connectivity index (χ2n) is 7.68. The van der Waals surface area contributed by atoms with Crippen LogP contribution in [-0.2, 0) is 21.4 Å². The van der Waals surface area contributed by atoms with Gasteiger partial charge in [0.05, 0.1) is 13.2 Å². The Morgan fingerprint density at radius 2 is 1.59 bits per heavy atom. The van der Waals surface area contributed by atoms with Gasteiger partial charge < -0.3 is 9.47 Å². The van der Waals surface area contributed by atoms with Crippen molar-refractivity contribution in [2.75, 3.05) is 26.3 Å². The number of piperidine rings is 1. The molecule has 0 N–H and O–H groups in total. The second kappa shape index (κ2) is 6.31. The summed E-state index contributed by atoms with van der Waals surface area (Å²) in [5.74, 6) is -0.273. The lowest BCUT2D eigenvalue weighted by Gasteiger charge is -2.43. The standard InChI is InChI=1S/C19H29NO2/c1-18(2,3)17-7-5-16(6-8-17)15-20-11-9-19(10-12-20)21-13-4-14-22-19/h5-8H,4,9-15H2,1-3H3. The summed E-state index contributed by atoms with van der Waals surface area (Å²) in [6.45, 7) is 11.6. The lowest BCUT2D eigenvalue weighted by molar-refractivity contribution is -0.284. The van der Waals surface area contributed by atoms with E-state index in [2.05, 4.69) is 49.9 Å². The van der Waals surface area contributed by atoms with E-state index in [0.29, 0.717) is 0 Å². The van der Waals surface area contributed by atoms with E-state index in [1.165, 1.54) is 11.1 Å². The summed E-state index contributed by atoms with van der Waals surface area (Å²) in [6, 6.07) is 9.10. The normalized spacial score (nSPS) is 22.9. The van der Waals surface area contributed by atoms with E-state index in [4.69, 9.17) is 9.47 Å². The van der Waals surface area contributed by atoms with E-state index in [1.807, 2.05) is 0 Å². The monoisotopic (exact) mass is 303 g/mol. The molecule has 2 saturated heterocycles. The molecule has 0 bridgehead atoms. The van der Waals surface area contributed by atoms with Gasteiger partial charge in [0, 0.05) is 32.5 Å². The van der Waals surface area contributed by atoms with Gasteiger partial charge in [0.15, 0.2) is 5.79 Å². The first-order valence-corrected chi connectivity index (χ1v) is 8.57. The van der Waals surface area contributed by atoms with Crippen molar-refractivity contribution in [3.8, 4) is 0 Å². The van der Waals surface area contributed by atoms with Crippen LogP contribution in [0.3, 0.4) is 0 Å². The molecule has 0 amide bonds. The molecule has 1 aromatic carbocycles. The smallest absolute Gasteiger partial charge is 0.170 e. The molecule has 2 aliphatic rings. The molecule has 1 spiro atoms. The Morgan fingerprint density at radius 1 is 1.00 bits per heavy atom. The fourth-order valence-electron chi connectivity index (χ4n) is 3.33. The molecule has 122 valence electrons. The lowest BCUT2D eigenvalue weighted by Crippen LogP contribution is -2.49. The van der Waals surface area contributed by atoms with Crippen LogP contribution in [0.5, 0.6) is 0 Å². The first kappa shape index (κ1) is 16.0. The van der Waals surface area contributed by atoms with Crippen LogP contribution < -0.4 is 0 Å². The minimum absolute atomic E-state index is 0.228. The molecule has 1 aromatic rings. The summed E-state index contributed by atoms with van der Waals surface area (Å²) >= 11 is 0. The van der Waals surface area contributed by atoms with Crippen molar-refractivity contribution in [2.45, 2.75) is 57.8 Å². The van der Waals surface area contributed by atoms with Gasteiger partial charge in [0.1, 0.15) is 0 Å². The van der Waals surface area contributed by atoms with Crippen molar-refractivity contribution in [2.24, 2.45) is 0 Å². The average molecular weight is 303 g/mol. The van der Waals surface area contributed by atoms with Gasteiger partial charge in [0.25, 0.3) is 0 Å². The van der Waals surface area contributed by atoms with Crippen LogP contribution in [0.15, 0.2) is 24.3 Å². The Bertz CT molecular complexity index is 473. The minimum Gasteiger partial charge on any atom is -0.350 e. The van der Waals surface area contributed by atoms with E-state index >= 15 is 0 Å². The van der Waals surface area contributed by atoms with Gasteiger partial charge in [-0.2, -0.15) is 0 Å². The zero-order valence-electron chi connectivity index (χ0n) is 14.2. The maximum Gasteiger partial charge on any atom is 0.170 e. The van der Waals surface area contributed by atoms with Gasteiger partial charge >= 0.3 is 0 Å². The van der Waals surface area contributed by atoms with Crippen molar-refractivity contribution in [1.82, 2.24) is 4.90 Å². The van der Waals surface area contributed by atoms with E-state index in [-0.39, 0.29) is 11.2 Å². The molecule has 3 rings (SSSR count). The molecule has 0 atom stereocenters. The van der Waals surface area contributed by atoms with Crippen molar-refractivity contribution < 1.29 is 9.47 Å². The zero-order valence-corrected chi connectivity index (χ0v) is 14.2. The number of rotatable bonds is 2. The van der Waals surface area contributed by atoms with Crippen LogP contribution in [0.25, 0.3) is 0 Å². The van der Waals surface area contributed by atoms with Gasteiger partial charge in [-0.3, -0.25) is 4.90 Å². The van der Waals surface area contributed by atoms with Gasteiger partial charge in [-0.15, -0.1) is 0 Å². The molecule has 0 saturated carbocycles. The Labute approximate surface area is 134 Å². The predicted octanol–water partition coefficient (Wildman–Crippen LogP) is 3.71. The fraction of sp³-hybridized carbons (Fsp3) is 0.684. The first-order chi connectivity index (χ1) is 10.5. The Hall–Kier alpha value is -0.900. The predicted molar refractivity (Wildman–Crippen MR) is 88.9 cm³/mol. The highest BCUT2D eigenvalue weighted by molar-refractivity contribution is 5.27. The highest BCUT2D eigenvalue weighted by atomic mass is 16.7. The summed E-state index contributed by atoms with van der Waals surface area (Å²) < 4.78 is 11.8. The summed E-state index contributed by atoms with van der Waals surface area (Å²) in [4.78, 5) is 2.51. The Morgan fingerprint density at radius 3 is 2.14 bits per heavy atom. The average Bonchev–Trinajstić information content (AvgIpc) is 2.50. The van der Waals surface area contributed by atoms with E-state index in [1.54, 1.807) is 0 Å². The van der Waals surface area contributed by atoms with Crippen LogP contribution in [0, 0.1) is 0 Å². The summed E-state index contributed by atoms with van der Waals surface area (Å²) in [6.07, 6.45) is 3.02. The van der Waals surface area contributed by atoms with Gasteiger partial charge in [-0.1, -0.05) is 45.0 Å². The van der Waals surface area contributed by atoms with Gasteiger partial charge in [-0.25, -0.2) is 0 Å². The topological polar surface area (TPSA) is 21.7 Å².